The molecular weight excluding hydrogens is 333 g/mol. The molecule has 0 aliphatic heterocycles. The van der Waals surface area contributed by atoms with Gasteiger partial charge in [-0.15, -0.1) is 0 Å². The number of nitrogens with zero attached hydrogens (tertiary/aromatic N) is 2. The van der Waals surface area contributed by atoms with Gasteiger partial charge in [0.25, 0.3) is 0 Å². The third-order valence-corrected chi connectivity index (χ3v) is 4.63. The van der Waals surface area contributed by atoms with Crippen molar-refractivity contribution in [2.24, 2.45) is 7.05 Å². The molecule has 1 heterocycles. The SMILES string of the molecule is CCc1nn(C)c(CC(NC)c2cc(C)cc(F)c2)c1Br. The standard InChI is InChI=1S/C16H21BrFN3/c1-5-13-16(17)15(21(4)20-13)9-14(19-3)11-6-10(2)7-12(18)8-11/h6-8,14,19H,5,9H2,1-4H3. The number of aryl methyl sites for hydroxylation is 3. The van der Waals surface area contributed by atoms with Crippen LogP contribution in [0.4, 0.5) is 4.39 Å². The summed E-state index contributed by atoms with van der Waals surface area (Å²) in [5.74, 6) is -0.191. The molecule has 3 nitrogen and oxygen atoms in total. The fraction of sp³-hybridized carbons (Fsp3) is 0.438. The lowest BCUT2D eigenvalue weighted by Gasteiger charge is -2.18. The lowest BCUT2D eigenvalue weighted by atomic mass is 10.00. The zero-order valence-electron chi connectivity index (χ0n) is 12.9. The first-order chi connectivity index (χ1) is 9.96. The molecule has 0 radical (unpaired) electrons. The molecule has 1 N–H and O–H groups in total. The van der Waals surface area contributed by atoms with Crippen LogP contribution in [-0.4, -0.2) is 16.8 Å². The Bertz CT molecular complexity index is 616. The molecule has 1 aromatic carbocycles. The van der Waals surface area contributed by atoms with E-state index in [-0.39, 0.29) is 11.9 Å². The Hall–Kier alpha value is -1.20. The van der Waals surface area contributed by atoms with E-state index in [0.717, 1.165) is 39.8 Å². The van der Waals surface area contributed by atoms with Gasteiger partial charge >= 0.3 is 0 Å². The second kappa shape index (κ2) is 6.71. The van der Waals surface area contributed by atoms with Gasteiger partial charge < -0.3 is 5.32 Å². The minimum atomic E-state index is -0.191. The first-order valence-corrected chi connectivity index (χ1v) is 7.90. The number of likely N-dealkylation sites (N-methyl/N-ethyl adjacent to an activating group) is 1. The summed E-state index contributed by atoms with van der Waals surface area (Å²) in [4.78, 5) is 0. The molecule has 0 saturated heterocycles. The second-order valence-corrected chi connectivity index (χ2v) is 6.08. The number of rotatable bonds is 5. The summed E-state index contributed by atoms with van der Waals surface area (Å²) in [5, 5.41) is 7.79. The summed E-state index contributed by atoms with van der Waals surface area (Å²) < 4.78 is 16.6. The van der Waals surface area contributed by atoms with Crippen molar-refractivity contribution in [3.05, 3.63) is 51.0 Å². The van der Waals surface area contributed by atoms with Crippen molar-refractivity contribution >= 4 is 15.9 Å². The Labute approximate surface area is 133 Å². The lowest BCUT2D eigenvalue weighted by molar-refractivity contribution is 0.552. The van der Waals surface area contributed by atoms with Gasteiger partial charge in [0.15, 0.2) is 0 Å². The van der Waals surface area contributed by atoms with Crippen LogP contribution in [0.25, 0.3) is 0 Å². The van der Waals surface area contributed by atoms with Crippen molar-refractivity contribution in [2.75, 3.05) is 7.05 Å². The Kier molecular flexibility index (Phi) is 5.17. The summed E-state index contributed by atoms with van der Waals surface area (Å²) in [6.45, 7) is 4.00. The molecule has 1 unspecified atom stereocenters. The number of hydrogen-bond acceptors (Lipinski definition) is 2. The molecule has 1 atom stereocenters. The van der Waals surface area contributed by atoms with Crippen LogP contribution in [0.3, 0.4) is 0 Å². The van der Waals surface area contributed by atoms with Gasteiger partial charge in [-0.25, -0.2) is 4.39 Å². The highest BCUT2D eigenvalue weighted by Gasteiger charge is 2.18. The minimum Gasteiger partial charge on any atom is -0.313 e. The number of halogens is 2. The quantitative estimate of drug-likeness (QED) is 0.888. The third-order valence-electron chi connectivity index (χ3n) is 3.72. The summed E-state index contributed by atoms with van der Waals surface area (Å²) in [7, 11) is 3.85. The van der Waals surface area contributed by atoms with Gasteiger partial charge in [-0.3, -0.25) is 4.68 Å². The molecule has 1 aromatic heterocycles. The maximum absolute atomic E-state index is 13.6. The molecule has 0 aliphatic carbocycles. The van der Waals surface area contributed by atoms with Crippen LogP contribution in [0.15, 0.2) is 22.7 Å². The Morgan fingerprint density at radius 3 is 2.62 bits per heavy atom. The van der Waals surface area contributed by atoms with Crippen LogP contribution < -0.4 is 5.32 Å². The normalized spacial score (nSPS) is 12.7. The Balaban J connectivity index is 2.33. The third kappa shape index (κ3) is 3.52. The van der Waals surface area contributed by atoms with Crippen LogP contribution in [0.2, 0.25) is 0 Å². The number of aromatic nitrogens is 2. The smallest absolute Gasteiger partial charge is 0.123 e. The molecule has 2 aromatic rings. The van der Waals surface area contributed by atoms with Gasteiger partial charge in [0, 0.05) is 19.5 Å². The van der Waals surface area contributed by atoms with Crippen LogP contribution in [0.1, 0.15) is 35.5 Å². The van der Waals surface area contributed by atoms with Crippen molar-refractivity contribution in [3.8, 4) is 0 Å². The van der Waals surface area contributed by atoms with E-state index in [4.69, 9.17) is 0 Å². The van der Waals surface area contributed by atoms with Crippen molar-refractivity contribution in [3.63, 3.8) is 0 Å². The van der Waals surface area contributed by atoms with Gasteiger partial charge in [-0.1, -0.05) is 13.0 Å². The molecule has 0 bridgehead atoms. The monoisotopic (exact) mass is 353 g/mol. The zero-order valence-corrected chi connectivity index (χ0v) is 14.5. The summed E-state index contributed by atoms with van der Waals surface area (Å²) >= 11 is 3.64. The lowest BCUT2D eigenvalue weighted by Crippen LogP contribution is -2.20. The van der Waals surface area contributed by atoms with Crippen LogP contribution in [0.5, 0.6) is 0 Å². The van der Waals surface area contributed by atoms with E-state index in [0.29, 0.717) is 0 Å². The van der Waals surface area contributed by atoms with Crippen LogP contribution in [0, 0.1) is 12.7 Å². The fourth-order valence-corrected chi connectivity index (χ4v) is 3.37. The van der Waals surface area contributed by atoms with Crippen LogP contribution in [-0.2, 0) is 19.9 Å². The largest absolute Gasteiger partial charge is 0.313 e. The van der Waals surface area contributed by atoms with E-state index in [1.54, 1.807) is 12.1 Å². The van der Waals surface area contributed by atoms with E-state index < -0.39 is 0 Å². The summed E-state index contributed by atoms with van der Waals surface area (Å²) in [6.07, 6.45) is 1.64. The first kappa shape index (κ1) is 16.2. The van der Waals surface area contributed by atoms with Gasteiger partial charge in [0.1, 0.15) is 5.82 Å². The van der Waals surface area contributed by atoms with Crippen molar-refractivity contribution in [2.45, 2.75) is 32.7 Å². The summed E-state index contributed by atoms with van der Waals surface area (Å²) in [5.41, 5.74) is 4.07. The first-order valence-electron chi connectivity index (χ1n) is 7.10. The molecule has 114 valence electrons. The predicted octanol–water partition coefficient (Wildman–Crippen LogP) is 3.70. The maximum atomic E-state index is 13.6. The van der Waals surface area contributed by atoms with Crippen LogP contribution >= 0.6 is 15.9 Å². The molecule has 0 fully saturated rings. The van der Waals surface area contributed by atoms with Gasteiger partial charge in [0.2, 0.25) is 0 Å². The van der Waals surface area contributed by atoms with Gasteiger partial charge in [-0.05, 0) is 59.6 Å². The van der Waals surface area contributed by atoms with E-state index in [1.165, 1.54) is 0 Å². The topological polar surface area (TPSA) is 29.9 Å². The van der Waals surface area contributed by atoms with Crippen molar-refractivity contribution in [1.82, 2.24) is 15.1 Å². The van der Waals surface area contributed by atoms with Crippen molar-refractivity contribution in [1.29, 1.82) is 0 Å². The number of hydrogen-bond donors (Lipinski definition) is 1. The highest BCUT2D eigenvalue weighted by molar-refractivity contribution is 9.10. The van der Waals surface area contributed by atoms with E-state index >= 15 is 0 Å². The number of benzene rings is 1. The Morgan fingerprint density at radius 1 is 1.38 bits per heavy atom. The predicted molar refractivity (Wildman–Crippen MR) is 86.9 cm³/mol. The molecule has 5 heteroatoms. The maximum Gasteiger partial charge on any atom is 0.123 e. The molecule has 21 heavy (non-hydrogen) atoms. The molecular formula is C16H21BrFN3. The zero-order chi connectivity index (χ0) is 15.6. The fourth-order valence-electron chi connectivity index (χ4n) is 2.59. The highest BCUT2D eigenvalue weighted by atomic mass is 79.9. The molecule has 0 spiro atoms. The average molecular weight is 354 g/mol. The molecule has 0 amide bonds. The molecule has 0 saturated carbocycles. The van der Waals surface area contributed by atoms with E-state index in [9.17, 15) is 4.39 Å². The van der Waals surface area contributed by atoms with Gasteiger partial charge in [0.05, 0.1) is 15.9 Å². The second-order valence-electron chi connectivity index (χ2n) is 5.29. The van der Waals surface area contributed by atoms with Crippen molar-refractivity contribution < 1.29 is 4.39 Å². The molecule has 0 aliphatic rings. The summed E-state index contributed by atoms with van der Waals surface area (Å²) in [6, 6.07) is 5.22. The molecule has 2 rings (SSSR count). The Morgan fingerprint density at radius 2 is 2.10 bits per heavy atom. The minimum absolute atomic E-state index is 0.0517. The average Bonchev–Trinajstić information content (AvgIpc) is 2.70. The number of nitrogens with one attached hydrogen (secondary N) is 1. The van der Waals surface area contributed by atoms with E-state index in [2.05, 4.69) is 33.3 Å². The van der Waals surface area contributed by atoms with Gasteiger partial charge in [-0.2, -0.15) is 5.10 Å². The highest BCUT2D eigenvalue weighted by Crippen LogP contribution is 2.27. The van der Waals surface area contributed by atoms with E-state index in [1.807, 2.05) is 31.8 Å².